The number of nitrogens with one attached hydrogen (secondary N) is 1. The molecule has 2 aromatic heterocycles. The normalized spacial score (nSPS) is 12.6. The molecule has 7 heteroatoms. The minimum absolute atomic E-state index is 0.0342. The van der Waals surface area contributed by atoms with Crippen molar-refractivity contribution >= 4 is 33.3 Å². The minimum atomic E-state index is -0.252. The molecule has 6 nitrogen and oxygen atoms in total. The number of fused-ring (bicyclic) bond motifs is 1. The molecule has 0 saturated carbocycles. The van der Waals surface area contributed by atoms with Gasteiger partial charge in [-0.25, -0.2) is 9.97 Å². The van der Waals surface area contributed by atoms with Gasteiger partial charge < -0.3 is 16.2 Å². The van der Waals surface area contributed by atoms with Crippen LogP contribution >= 0.6 is 11.3 Å². The number of rotatable bonds is 4. The highest BCUT2D eigenvalue weighted by molar-refractivity contribution is 7.21. The van der Waals surface area contributed by atoms with Crippen molar-refractivity contribution in [3.63, 3.8) is 0 Å². The molecule has 1 amide bonds. The summed E-state index contributed by atoms with van der Waals surface area (Å²) in [5.41, 5.74) is 6.80. The molecule has 0 aliphatic carbocycles. The van der Waals surface area contributed by atoms with Gasteiger partial charge in [-0.2, -0.15) is 0 Å². The number of aromatic nitrogens is 2. The van der Waals surface area contributed by atoms with Gasteiger partial charge in [-0.1, -0.05) is 0 Å². The summed E-state index contributed by atoms with van der Waals surface area (Å²) in [6.07, 6.45) is 3.61. The van der Waals surface area contributed by atoms with Gasteiger partial charge >= 0.3 is 0 Å². The Morgan fingerprint density at radius 3 is 2.94 bits per heavy atom. The van der Waals surface area contributed by atoms with Gasteiger partial charge in [0.25, 0.3) is 5.91 Å². The molecule has 1 atom stereocenters. The second-order valence-corrected chi connectivity index (χ2v) is 4.94. The molecular weight excluding hydrogens is 252 g/mol. The summed E-state index contributed by atoms with van der Waals surface area (Å²) in [6.45, 7) is 1.86. The van der Waals surface area contributed by atoms with E-state index in [-0.39, 0.29) is 18.6 Å². The molecule has 96 valence electrons. The zero-order valence-electron chi connectivity index (χ0n) is 9.88. The van der Waals surface area contributed by atoms with Crippen molar-refractivity contribution in [2.24, 2.45) is 0 Å². The predicted octanol–water partition coefficient (Wildman–Crippen LogP) is 0.774. The molecule has 0 bridgehead atoms. The van der Waals surface area contributed by atoms with Crippen LogP contribution in [0.25, 0.3) is 10.3 Å². The Labute approximate surface area is 108 Å². The third-order valence-electron chi connectivity index (χ3n) is 2.51. The average molecular weight is 266 g/mol. The standard InChI is InChI=1S/C11H14N4O2S/c1-6(2-5-16)15-10(17)9-7(12)8-11(18-9)14-4-3-13-8/h3-4,6,16H,2,5,12H2,1H3,(H,15,17). The quantitative estimate of drug-likeness (QED) is 0.759. The molecule has 2 aromatic rings. The Morgan fingerprint density at radius 2 is 2.28 bits per heavy atom. The van der Waals surface area contributed by atoms with Crippen LogP contribution in [-0.4, -0.2) is 33.6 Å². The van der Waals surface area contributed by atoms with E-state index in [1.807, 2.05) is 6.92 Å². The van der Waals surface area contributed by atoms with Gasteiger partial charge in [0.1, 0.15) is 15.2 Å². The highest BCUT2D eigenvalue weighted by Crippen LogP contribution is 2.30. The number of amides is 1. The Hall–Kier alpha value is -1.73. The topological polar surface area (TPSA) is 101 Å². The van der Waals surface area contributed by atoms with Gasteiger partial charge in [-0.15, -0.1) is 11.3 Å². The summed E-state index contributed by atoms with van der Waals surface area (Å²) < 4.78 is 0. The van der Waals surface area contributed by atoms with Gasteiger partial charge in [0.05, 0.1) is 5.69 Å². The summed E-state index contributed by atoms with van der Waals surface area (Å²) in [5.74, 6) is -0.252. The number of anilines is 1. The maximum absolute atomic E-state index is 12.0. The second kappa shape index (κ2) is 5.28. The summed E-state index contributed by atoms with van der Waals surface area (Å²) >= 11 is 1.22. The van der Waals surface area contributed by atoms with Crippen molar-refractivity contribution in [2.75, 3.05) is 12.3 Å². The number of hydrogen-bond acceptors (Lipinski definition) is 6. The summed E-state index contributed by atoms with van der Waals surface area (Å²) in [5, 5.41) is 11.6. The predicted molar refractivity (Wildman–Crippen MR) is 70.5 cm³/mol. The number of nitrogen functional groups attached to an aromatic ring is 1. The molecular formula is C11H14N4O2S. The van der Waals surface area contributed by atoms with Crippen LogP contribution in [0, 0.1) is 0 Å². The molecule has 0 aliphatic rings. The number of nitrogens with two attached hydrogens (primary N) is 1. The molecule has 2 rings (SSSR count). The van der Waals surface area contributed by atoms with Crippen LogP contribution in [0.5, 0.6) is 0 Å². The van der Waals surface area contributed by atoms with Crippen LogP contribution in [0.2, 0.25) is 0 Å². The number of aliphatic hydroxyl groups excluding tert-OH is 1. The molecule has 0 aliphatic heterocycles. The lowest BCUT2D eigenvalue weighted by Gasteiger charge is -2.11. The number of thiophene rings is 1. The number of carbonyl (C=O) groups is 1. The van der Waals surface area contributed by atoms with Gasteiger partial charge in [0, 0.05) is 25.0 Å². The number of hydrogen-bond donors (Lipinski definition) is 3. The monoisotopic (exact) mass is 266 g/mol. The maximum atomic E-state index is 12.0. The fourth-order valence-corrected chi connectivity index (χ4v) is 2.49. The SMILES string of the molecule is CC(CCO)NC(=O)c1sc2nccnc2c1N. The molecule has 0 aromatic carbocycles. The third-order valence-corrected chi connectivity index (χ3v) is 3.61. The van der Waals surface area contributed by atoms with Gasteiger partial charge in [0.15, 0.2) is 0 Å². The zero-order chi connectivity index (χ0) is 13.1. The molecule has 1 unspecified atom stereocenters. The van der Waals surface area contributed by atoms with Crippen molar-refractivity contribution in [1.29, 1.82) is 0 Å². The smallest absolute Gasteiger partial charge is 0.263 e. The van der Waals surface area contributed by atoms with Crippen molar-refractivity contribution in [1.82, 2.24) is 15.3 Å². The van der Waals surface area contributed by atoms with E-state index in [0.29, 0.717) is 27.3 Å². The van der Waals surface area contributed by atoms with Crippen LogP contribution < -0.4 is 11.1 Å². The Balaban J connectivity index is 2.25. The molecule has 0 fully saturated rings. The van der Waals surface area contributed by atoms with Crippen LogP contribution in [0.3, 0.4) is 0 Å². The van der Waals surface area contributed by atoms with Crippen molar-refractivity contribution in [2.45, 2.75) is 19.4 Å². The highest BCUT2D eigenvalue weighted by atomic mass is 32.1. The lowest BCUT2D eigenvalue weighted by Crippen LogP contribution is -2.33. The first-order valence-corrected chi connectivity index (χ1v) is 6.35. The van der Waals surface area contributed by atoms with E-state index >= 15 is 0 Å². The first-order chi connectivity index (χ1) is 8.63. The molecule has 4 N–H and O–H groups in total. The first-order valence-electron chi connectivity index (χ1n) is 5.54. The molecule has 2 heterocycles. The van der Waals surface area contributed by atoms with Gasteiger partial charge in [-0.05, 0) is 13.3 Å². The van der Waals surface area contributed by atoms with E-state index in [1.54, 1.807) is 12.4 Å². The third kappa shape index (κ3) is 2.41. The van der Waals surface area contributed by atoms with E-state index in [2.05, 4.69) is 15.3 Å². The Kier molecular flexibility index (Phi) is 3.73. The van der Waals surface area contributed by atoms with Gasteiger partial charge in [-0.3, -0.25) is 4.79 Å². The Bertz CT molecular complexity index is 569. The zero-order valence-corrected chi connectivity index (χ0v) is 10.7. The van der Waals surface area contributed by atoms with E-state index < -0.39 is 0 Å². The minimum Gasteiger partial charge on any atom is -0.396 e. The largest absolute Gasteiger partial charge is 0.396 e. The summed E-state index contributed by atoms with van der Waals surface area (Å²) in [4.78, 5) is 21.3. The van der Waals surface area contributed by atoms with Crippen molar-refractivity contribution < 1.29 is 9.90 Å². The van der Waals surface area contributed by atoms with Crippen molar-refractivity contribution in [3.05, 3.63) is 17.3 Å². The van der Waals surface area contributed by atoms with Crippen LogP contribution in [0.15, 0.2) is 12.4 Å². The molecule has 0 radical (unpaired) electrons. The highest BCUT2D eigenvalue weighted by Gasteiger charge is 2.18. The second-order valence-electron chi connectivity index (χ2n) is 3.94. The van der Waals surface area contributed by atoms with Crippen LogP contribution in [0.1, 0.15) is 23.0 Å². The van der Waals surface area contributed by atoms with E-state index in [1.165, 1.54) is 11.3 Å². The van der Waals surface area contributed by atoms with Crippen LogP contribution in [0.4, 0.5) is 5.69 Å². The fourth-order valence-electron chi connectivity index (χ4n) is 1.57. The lowest BCUT2D eigenvalue weighted by molar-refractivity contribution is 0.0939. The van der Waals surface area contributed by atoms with E-state index in [4.69, 9.17) is 10.8 Å². The summed E-state index contributed by atoms with van der Waals surface area (Å²) in [6, 6.07) is -0.104. The van der Waals surface area contributed by atoms with Crippen LogP contribution in [-0.2, 0) is 0 Å². The fraction of sp³-hybridized carbons (Fsp3) is 0.364. The van der Waals surface area contributed by atoms with E-state index in [0.717, 1.165) is 0 Å². The number of aliphatic hydroxyl groups is 1. The lowest BCUT2D eigenvalue weighted by atomic mass is 10.2. The number of nitrogens with zero attached hydrogens (tertiary/aromatic N) is 2. The average Bonchev–Trinajstić information content (AvgIpc) is 2.68. The molecule has 0 saturated heterocycles. The molecule has 0 spiro atoms. The Morgan fingerprint density at radius 1 is 1.56 bits per heavy atom. The van der Waals surface area contributed by atoms with E-state index in [9.17, 15) is 4.79 Å². The van der Waals surface area contributed by atoms with Gasteiger partial charge in [0.2, 0.25) is 0 Å². The molecule has 18 heavy (non-hydrogen) atoms. The first kappa shape index (κ1) is 12.7. The maximum Gasteiger partial charge on any atom is 0.263 e. The number of carbonyl (C=O) groups excluding carboxylic acids is 1. The van der Waals surface area contributed by atoms with Crippen molar-refractivity contribution in [3.8, 4) is 0 Å². The summed E-state index contributed by atoms with van der Waals surface area (Å²) in [7, 11) is 0.